The minimum atomic E-state index is 0.282. The van der Waals surface area contributed by atoms with Gasteiger partial charge < -0.3 is 20.4 Å². The summed E-state index contributed by atoms with van der Waals surface area (Å²) in [5, 5.41) is 18.3. The van der Waals surface area contributed by atoms with E-state index in [4.69, 9.17) is 5.41 Å². The van der Waals surface area contributed by atoms with Crippen molar-refractivity contribution in [1.29, 1.82) is 5.41 Å². The first-order valence-corrected chi connectivity index (χ1v) is 6.57. The van der Waals surface area contributed by atoms with Crippen molar-refractivity contribution in [2.24, 2.45) is 0 Å². The Bertz CT molecular complexity index is 586. The summed E-state index contributed by atoms with van der Waals surface area (Å²) in [5.74, 6) is 0.282. The first-order valence-electron chi connectivity index (χ1n) is 6.57. The average Bonchev–Trinajstić information content (AvgIpc) is 2.81. The van der Waals surface area contributed by atoms with Gasteiger partial charge in [-0.2, -0.15) is 0 Å². The van der Waals surface area contributed by atoms with Gasteiger partial charge in [0.2, 0.25) is 0 Å². The van der Waals surface area contributed by atoms with Crippen molar-refractivity contribution in [2.75, 3.05) is 13.6 Å². The molecule has 2 aromatic rings. The Labute approximate surface area is 113 Å². The second kappa shape index (κ2) is 5.45. The number of nitrogens with one attached hydrogen (secondary N) is 2. The Hall–Kier alpha value is -1.81. The van der Waals surface area contributed by atoms with Gasteiger partial charge in [-0.3, -0.25) is 0 Å². The van der Waals surface area contributed by atoms with Crippen LogP contribution in [0, 0.1) is 5.41 Å². The minimum Gasteiger partial charge on any atom is -0.507 e. The second-order valence-corrected chi connectivity index (χ2v) is 5.21. The Morgan fingerprint density at radius 1 is 1.42 bits per heavy atom. The Balaban J connectivity index is 2.32. The highest BCUT2D eigenvalue weighted by Gasteiger charge is 2.12. The van der Waals surface area contributed by atoms with E-state index < -0.39 is 0 Å². The van der Waals surface area contributed by atoms with Gasteiger partial charge in [-0.15, -0.1) is 0 Å². The maximum absolute atomic E-state index is 10.0. The molecule has 0 radical (unpaired) electrons. The molecule has 0 fully saturated rings. The Kier molecular flexibility index (Phi) is 3.90. The predicted octanol–water partition coefficient (Wildman–Crippen LogP) is 2.75. The summed E-state index contributed by atoms with van der Waals surface area (Å²) in [4.78, 5) is 5.45. The van der Waals surface area contributed by atoms with Gasteiger partial charge in [-0.05, 0) is 45.0 Å². The molecule has 0 spiro atoms. The van der Waals surface area contributed by atoms with Crippen molar-refractivity contribution in [3.8, 4) is 5.75 Å². The predicted molar refractivity (Wildman–Crippen MR) is 79.3 cm³/mol. The van der Waals surface area contributed by atoms with Gasteiger partial charge in [-0.1, -0.05) is 0 Å². The summed E-state index contributed by atoms with van der Waals surface area (Å²) in [6.07, 6.45) is 4.12. The summed E-state index contributed by atoms with van der Waals surface area (Å²) in [6.45, 7) is 5.28. The molecule has 0 aliphatic carbocycles. The number of hydrogen-bond donors (Lipinski definition) is 3. The number of likely N-dealkylation sites (N-methyl/N-ethyl adjacent to an activating group) is 1. The van der Waals surface area contributed by atoms with Crippen LogP contribution in [-0.4, -0.2) is 40.8 Å². The molecule has 0 saturated heterocycles. The molecule has 2 rings (SSSR count). The Morgan fingerprint density at radius 2 is 2.16 bits per heavy atom. The molecule has 0 aliphatic heterocycles. The molecule has 19 heavy (non-hydrogen) atoms. The molecule has 1 heterocycles. The van der Waals surface area contributed by atoms with E-state index >= 15 is 0 Å². The molecule has 1 aromatic heterocycles. The van der Waals surface area contributed by atoms with E-state index in [-0.39, 0.29) is 5.75 Å². The molecule has 0 aliphatic rings. The first kappa shape index (κ1) is 13.6. The van der Waals surface area contributed by atoms with Crippen molar-refractivity contribution in [1.82, 2.24) is 9.88 Å². The van der Waals surface area contributed by atoms with Crippen LogP contribution in [0.25, 0.3) is 10.9 Å². The second-order valence-electron chi connectivity index (χ2n) is 5.21. The van der Waals surface area contributed by atoms with Crippen LogP contribution in [0.2, 0.25) is 0 Å². The standard InChI is InChI=1S/C15H21N3O/c1-10(2)18(3)7-6-12-9-17-15-11(8-16)4-5-13(19)14(12)15/h4-5,8-10,16-17,19H,6-7H2,1-3H3. The summed E-state index contributed by atoms with van der Waals surface area (Å²) >= 11 is 0. The quantitative estimate of drug-likeness (QED) is 0.723. The van der Waals surface area contributed by atoms with Crippen molar-refractivity contribution >= 4 is 17.1 Å². The molecular formula is C15H21N3O. The van der Waals surface area contributed by atoms with Gasteiger partial charge in [0, 0.05) is 35.9 Å². The number of aromatic amines is 1. The van der Waals surface area contributed by atoms with Gasteiger partial charge in [0.05, 0.1) is 5.52 Å². The lowest BCUT2D eigenvalue weighted by Gasteiger charge is -2.20. The van der Waals surface area contributed by atoms with Crippen molar-refractivity contribution in [3.63, 3.8) is 0 Å². The minimum absolute atomic E-state index is 0.282. The van der Waals surface area contributed by atoms with Crippen LogP contribution >= 0.6 is 0 Å². The van der Waals surface area contributed by atoms with E-state index in [1.807, 2.05) is 6.20 Å². The van der Waals surface area contributed by atoms with Crippen LogP contribution in [0.15, 0.2) is 18.3 Å². The van der Waals surface area contributed by atoms with Crippen molar-refractivity contribution in [2.45, 2.75) is 26.3 Å². The molecule has 3 N–H and O–H groups in total. The van der Waals surface area contributed by atoms with Crippen LogP contribution in [0.1, 0.15) is 25.0 Å². The van der Waals surface area contributed by atoms with Crippen LogP contribution < -0.4 is 0 Å². The van der Waals surface area contributed by atoms with Crippen LogP contribution in [0.5, 0.6) is 5.75 Å². The fourth-order valence-electron chi connectivity index (χ4n) is 2.19. The topological polar surface area (TPSA) is 63.1 Å². The van der Waals surface area contributed by atoms with Crippen LogP contribution in [0.3, 0.4) is 0 Å². The van der Waals surface area contributed by atoms with E-state index in [0.717, 1.165) is 35.0 Å². The van der Waals surface area contributed by atoms with Gasteiger partial charge in [0.1, 0.15) is 5.75 Å². The number of phenols is 1. The zero-order chi connectivity index (χ0) is 14.0. The molecule has 0 bridgehead atoms. The summed E-state index contributed by atoms with van der Waals surface area (Å²) in [6, 6.07) is 3.92. The molecular weight excluding hydrogens is 238 g/mol. The zero-order valence-corrected chi connectivity index (χ0v) is 11.7. The van der Waals surface area contributed by atoms with Gasteiger partial charge >= 0.3 is 0 Å². The summed E-state index contributed by atoms with van der Waals surface area (Å²) in [5.41, 5.74) is 2.75. The van der Waals surface area contributed by atoms with E-state index in [2.05, 4.69) is 30.8 Å². The van der Waals surface area contributed by atoms with Crippen LogP contribution in [-0.2, 0) is 6.42 Å². The lowest BCUT2D eigenvalue weighted by Crippen LogP contribution is -2.28. The third-order valence-electron chi connectivity index (χ3n) is 3.70. The molecule has 0 unspecified atom stereocenters. The van der Waals surface area contributed by atoms with Crippen LogP contribution in [0.4, 0.5) is 0 Å². The SMILES string of the molecule is CC(C)N(C)CCc1c[nH]c2c(C=N)ccc(O)c12. The average molecular weight is 259 g/mol. The highest BCUT2D eigenvalue weighted by atomic mass is 16.3. The summed E-state index contributed by atoms with van der Waals surface area (Å²) in [7, 11) is 2.10. The third kappa shape index (κ3) is 2.63. The molecule has 4 heteroatoms. The number of rotatable bonds is 5. The number of hydrogen-bond acceptors (Lipinski definition) is 3. The van der Waals surface area contributed by atoms with E-state index in [9.17, 15) is 5.11 Å². The zero-order valence-electron chi connectivity index (χ0n) is 11.7. The number of H-pyrrole nitrogens is 1. The lowest BCUT2D eigenvalue weighted by molar-refractivity contribution is 0.278. The number of phenolic OH excluding ortho intramolecular Hbond substituents is 1. The number of benzene rings is 1. The molecule has 4 nitrogen and oxygen atoms in total. The van der Waals surface area contributed by atoms with Gasteiger partial charge in [-0.25, -0.2) is 0 Å². The smallest absolute Gasteiger partial charge is 0.125 e. The van der Waals surface area contributed by atoms with Crippen molar-refractivity contribution in [3.05, 3.63) is 29.5 Å². The number of nitrogens with zero attached hydrogens (tertiary/aromatic N) is 1. The molecule has 0 amide bonds. The highest BCUT2D eigenvalue weighted by Crippen LogP contribution is 2.30. The number of fused-ring (bicyclic) bond motifs is 1. The number of aromatic nitrogens is 1. The molecule has 0 saturated carbocycles. The Morgan fingerprint density at radius 3 is 2.79 bits per heavy atom. The molecule has 1 aromatic carbocycles. The first-order chi connectivity index (χ1) is 9.04. The van der Waals surface area contributed by atoms with E-state index in [0.29, 0.717) is 6.04 Å². The maximum atomic E-state index is 10.0. The van der Waals surface area contributed by atoms with Gasteiger partial charge in [0.25, 0.3) is 0 Å². The molecule has 102 valence electrons. The summed E-state index contributed by atoms with van der Waals surface area (Å²) < 4.78 is 0. The largest absolute Gasteiger partial charge is 0.507 e. The maximum Gasteiger partial charge on any atom is 0.125 e. The fraction of sp³-hybridized carbons (Fsp3) is 0.400. The van der Waals surface area contributed by atoms with E-state index in [1.165, 1.54) is 6.21 Å². The lowest BCUT2D eigenvalue weighted by atomic mass is 10.1. The van der Waals surface area contributed by atoms with Gasteiger partial charge in [0.15, 0.2) is 0 Å². The third-order valence-corrected chi connectivity index (χ3v) is 3.70. The normalized spacial score (nSPS) is 11.6. The monoisotopic (exact) mass is 259 g/mol. The van der Waals surface area contributed by atoms with Crippen molar-refractivity contribution < 1.29 is 5.11 Å². The number of aromatic hydroxyl groups is 1. The molecule has 0 atom stereocenters. The fourth-order valence-corrected chi connectivity index (χ4v) is 2.19. The van der Waals surface area contributed by atoms with E-state index in [1.54, 1.807) is 12.1 Å². The highest BCUT2D eigenvalue weighted by molar-refractivity contribution is 6.01.